The lowest BCUT2D eigenvalue weighted by Crippen LogP contribution is -2.09. The first-order chi connectivity index (χ1) is 13.6. The van der Waals surface area contributed by atoms with Crippen molar-refractivity contribution < 1.29 is 19.1 Å². The lowest BCUT2D eigenvalue weighted by atomic mass is 10.1. The molecule has 0 amide bonds. The predicted octanol–water partition coefficient (Wildman–Crippen LogP) is 5.00. The van der Waals surface area contributed by atoms with E-state index in [2.05, 4.69) is 12.1 Å². The lowest BCUT2D eigenvalue weighted by Gasteiger charge is -2.07. The van der Waals surface area contributed by atoms with Gasteiger partial charge in [-0.15, -0.1) is 0 Å². The average Bonchev–Trinajstić information content (AvgIpc) is 2.72. The van der Waals surface area contributed by atoms with Crippen molar-refractivity contribution in [1.29, 1.82) is 0 Å². The Morgan fingerprint density at radius 3 is 2.25 bits per heavy atom. The minimum Gasteiger partial charge on any atom is -0.462 e. The summed E-state index contributed by atoms with van der Waals surface area (Å²) < 4.78 is 10.7. The number of hydrogen-bond acceptors (Lipinski definition) is 4. The molecule has 0 radical (unpaired) electrons. The molecule has 142 valence electrons. The first-order valence-corrected chi connectivity index (χ1v) is 9.22. The van der Waals surface area contributed by atoms with E-state index in [0.717, 1.165) is 18.4 Å². The molecule has 0 unspecified atom stereocenters. The van der Waals surface area contributed by atoms with Crippen LogP contribution in [0.3, 0.4) is 0 Å². The second-order valence-corrected chi connectivity index (χ2v) is 6.51. The van der Waals surface area contributed by atoms with Crippen LogP contribution in [0.25, 0.3) is 0 Å². The maximum atomic E-state index is 12.2. The van der Waals surface area contributed by atoms with Crippen molar-refractivity contribution >= 4 is 11.9 Å². The fourth-order valence-corrected chi connectivity index (χ4v) is 2.77. The molecule has 0 atom stereocenters. The van der Waals surface area contributed by atoms with Crippen molar-refractivity contribution in [2.24, 2.45) is 0 Å². The van der Waals surface area contributed by atoms with Gasteiger partial charge in [-0.3, -0.25) is 0 Å². The molecular formula is C24H22O4. The first-order valence-electron chi connectivity index (χ1n) is 9.22. The predicted molar refractivity (Wildman–Crippen MR) is 108 cm³/mol. The number of rotatable bonds is 7. The molecule has 4 heteroatoms. The molecule has 0 heterocycles. The molecule has 0 bridgehead atoms. The van der Waals surface area contributed by atoms with Gasteiger partial charge in [0.2, 0.25) is 0 Å². The van der Waals surface area contributed by atoms with Crippen LogP contribution in [0, 0.1) is 6.92 Å². The largest absolute Gasteiger partial charge is 0.462 e. The molecule has 0 spiro atoms. The zero-order chi connectivity index (χ0) is 19.8. The van der Waals surface area contributed by atoms with Crippen LogP contribution < -0.4 is 4.74 Å². The van der Waals surface area contributed by atoms with E-state index in [9.17, 15) is 9.59 Å². The molecular weight excluding hydrogens is 352 g/mol. The molecule has 0 aliphatic rings. The van der Waals surface area contributed by atoms with Crippen molar-refractivity contribution in [1.82, 2.24) is 0 Å². The van der Waals surface area contributed by atoms with Gasteiger partial charge in [0.15, 0.2) is 0 Å². The van der Waals surface area contributed by atoms with E-state index in [1.165, 1.54) is 5.56 Å². The third-order valence-electron chi connectivity index (χ3n) is 4.24. The van der Waals surface area contributed by atoms with Crippen LogP contribution in [-0.2, 0) is 11.2 Å². The zero-order valence-corrected chi connectivity index (χ0v) is 15.8. The van der Waals surface area contributed by atoms with Crippen LogP contribution in [0.2, 0.25) is 0 Å². The minimum atomic E-state index is -0.431. The van der Waals surface area contributed by atoms with Crippen molar-refractivity contribution in [3.05, 3.63) is 101 Å². The molecule has 28 heavy (non-hydrogen) atoms. The molecule has 3 aromatic rings. The van der Waals surface area contributed by atoms with Gasteiger partial charge in [0, 0.05) is 0 Å². The van der Waals surface area contributed by atoms with Gasteiger partial charge in [0.25, 0.3) is 0 Å². The fourth-order valence-electron chi connectivity index (χ4n) is 2.77. The van der Waals surface area contributed by atoms with Crippen LogP contribution in [0.15, 0.2) is 78.9 Å². The summed E-state index contributed by atoms with van der Waals surface area (Å²) in [7, 11) is 0. The Morgan fingerprint density at radius 1 is 0.786 bits per heavy atom. The van der Waals surface area contributed by atoms with Crippen molar-refractivity contribution in [3.63, 3.8) is 0 Å². The van der Waals surface area contributed by atoms with Gasteiger partial charge in [0.1, 0.15) is 5.75 Å². The highest BCUT2D eigenvalue weighted by Crippen LogP contribution is 2.16. The number of benzene rings is 3. The Morgan fingerprint density at radius 2 is 1.54 bits per heavy atom. The van der Waals surface area contributed by atoms with Gasteiger partial charge in [0.05, 0.1) is 17.7 Å². The standard InChI is InChI=1S/C24H22O4/c1-18-7-5-11-21(17-18)24(26)28-22-14-12-20(13-15-22)23(25)27-16-6-10-19-8-3-2-4-9-19/h2-5,7-9,11-15,17H,6,10,16H2,1H3. The van der Waals surface area contributed by atoms with E-state index in [-0.39, 0.29) is 5.97 Å². The van der Waals surface area contributed by atoms with E-state index < -0.39 is 5.97 Å². The molecule has 0 saturated heterocycles. The highest BCUT2D eigenvalue weighted by atomic mass is 16.5. The molecule has 0 saturated carbocycles. The van der Waals surface area contributed by atoms with E-state index in [4.69, 9.17) is 9.47 Å². The summed E-state index contributed by atoms with van der Waals surface area (Å²) in [6.45, 7) is 2.27. The Balaban J connectivity index is 1.48. The minimum absolute atomic E-state index is 0.359. The highest BCUT2D eigenvalue weighted by molar-refractivity contribution is 5.92. The summed E-state index contributed by atoms with van der Waals surface area (Å²) in [5.74, 6) is -0.434. The molecule has 0 aliphatic carbocycles. The van der Waals surface area contributed by atoms with E-state index >= 15 is 0 Å². The number of esters is 2. The normalized spacial score (nSPS) is 10.3. The average molecular weight is 374 g/mol. The monoisotopic (exact) mass is 374 g/mol. The third-order valence-corrected chi connectivity index (χ3v) is 4.24. The Bertz CT molecular complexity index is 930. The van der Waals surface area contributed by atoms with Gasteiger partial charge in [-0.25, -0.2) is 9.59 Å². The van der Waals surface area contributed by atoms with Gasteiger partial charge in [-0.2, -0.15) is 0 Å². The van der Waals surface area contributed by atoms with Gasteiger partial charge in [-0.05, 0) is 61.7 Å². The third kappa shape index (κ3) is 5.55. The number of carbonyl (C=O) groups is 2. The topological polar surface area (TPSA) is 52.6 Å². The van der Waals surface area contributed by atoms with E-state index in [1.807, 2.05) is 37.3 Å². The molecule has 4 nitrogen and oxygen atoms in total. The highest BCUT2D eigenvalue weighted by Gasteiger charge is 2.11. The summed E-state index contributed by atoms with van der Waals surface area (Å²) in [6, 6.07) is 23.6. The number of aryl methyl sites for hydroxylation is 2. The van der Waals surface area contributed by atoms with Gasteiger partial charge >= 0.3 is 11.9 Å². The summed E-state index contributed by atoms with van der Waals surface area (Å²) in [5, 5.41) is 0. The van der Waals surface area contributed by atoms with Crippen molar-refractivity contribution in [2.75, 3.05) is 6.61 Å². The van der Waals surface area contributed by atoms with Crippen LogP contribution in [0.5, 0.6) is 5.75 Å². The lowest BCUT2D eigenvalue weighted by molar-refractivity contribution is 0.0500. The second-order valence-electron chi connectivity index (χ2n) is 6.51. The summed E-state index contributed by atoms with van der Waals surface area (Å²) >= 11 is 0. The Hall–Kier alpha value is -3.40. The molecule has 3 aromatic carbocycles. The van der Waals surface area contributed by atoms with Gasteiger partial charge in [-0.1, -0.05) is 48.0 Å². The summed E-state index contributed by atoms with van der Waals surface area (Å²) in [5.41, 5.74) is 3.12. The zero-order valence-electron chi connectivity index (χ0n) is 15.8. The van der Waals surface area contributed by atoms with Crippen LogP contribution in [0.4, 0.5) is 0 Å². The van der Waals surface area contributed by atoms with Gasteiger partial charge < -0.3 is 9.47 Å². The van der Waals surface area contributed by atoms with Crippen LogP contribution in [-0.4, -0.2) is 18.5 Å². The fraction of sp³-hybridized carbons (Fsp3) is 0.167. The number of ether oxygens (including phenoxy) is 2. The van der Waals surface area contributed by atoms with Crippen LogP contribution in [0.1, 0.15) is 38.3 Å². The molecule has 3 rings (SSSR count). The molecule has 0 aromatic heterocycles. The van der Waals surface area contributed by atoms with Crippen molar-refractivity contribution in [3.8, 4) is 5.75 Å². The maximum Gasteiger partial charge on any atom is 0.343 e. The Kier molecular flexibility index (Phi) is 6.58. The SMILES string of the molecule is Cc1cccc(C(=O)Oc2ccc(C(=O)OCCCc3ccccc3)cc2)c1. The maximum absolute atomic E-state index is 12.2. The number of hydrogen-bond donors (Lipinski definition) is 0. The van der Waals surface area contributed by atoms with E-state index in [1.54, 1.807) is 36.4 Å². The molecule has 0 fully saturated rings. The first kappa shape index (κ1) is 19.4. The number of carbonyl (C=O) groups excluding carboxylic acids is 2. The van der Waals surface area contributed by atoms with E-state index in [0.29, 0.717) is 23.5 Å². The summed E-state index contributed by atoms with van der Waals surface area (Å²) in [4.78, 5) is 24.3. The summed E-state index contributed by atoms with van der Waals surface area (Å²) in [6.07, 6.45) is 1.63. The molecule has 0 N–H and O–H groups in total. The van der Waals surface area contributed by atoms with Crippen molar-refractivity contribution in [2.45, 2.75) is 19.8 Å². The Labute approximate surface area is 164 Å². The molecule has 0 aliphatic heterocycles. The quantitative estimate of drug-likeness (QED) is 0.332. The smallest absolute Gasteiger partial charge is 0.343 e. The second kappa shape index (κ2) is 9.51. The van der Waals surface area contributed by atoms with Crippen LogP contribution >= 0.6 is 0 Å².